The highest BCUT2D eigenvalue weighted by Gasteiger charge is 2.39. The molecule has 3 aromatic carbocycles. The first-order chi connectivity index (χ1) is 25.3. The van der Waals surface area contributed by atoms with Gasteiger partial charge in [-0.15, -0.1) is 0 Å². The van der Waals surface area contributed by atoms with Crippen molar-refractivity contribution in [2.75, 3.05) is 44.1 Å². The number of halogens is 4. The van der Waals surface area contributed by atoms with Crippen LogP contribution in [0.25, 0.3) is 10.8 Å². The summed E-state index contributed by atoms with van der Waals surface area (Å²) in [7, 11) is 0.788. The number of ether oxygens (including phenoxy) is 1. The summed E-state index contributed by atoms with van der Waals surface area (Å²) in [6.07, 6.45) is -2.37. The van der Waals surface area contributed by atoms with Crippen molar-refractivity contribution >= 4 is 55.7 Å². The van der Waals surface area contributed by atoms with E-state index in [1.165, 1.54) is 36.3 Å². The lowest BCUT2D eigenvalue weighted by Crippen LogP contribution is -2.38. The molecule has 1 aliphatic rings. The largest absolute Gasteiger partial charge is 0.494 e. The van der Waals surface area contributed by atoms with Crippen molar-refractivity contribution in [1.82, 2.24) is 14.8 Å². The first-order valence-electron chi connectivity index (χ1n) is 16.5. The molecule has 18 heteroatoms. The van der Waals surface area contributed by atoms with Gasteiger partial charge >= 0.3 is 18.2 Å². The molecule has 1 aromatic heterocycles. The summed E-state index contributed by atoms with van der Waals surface area (Å²) in [5.41, 5.74) is 7.94. The average Bonchev–Trinajstić information content (AvgIpc) is 3.60. The zero-order chi connectivity index (χ0) is 40.1. The molecule has 54 heavy (non-hydrogen) atoms. The first kappa shape index (κ1) is 41.1. The van der Waals surface area contributed by atoms with Crippen LogP contribution in [0.2, 0.25) is 0 Å². The molecule has 290 valence electrons. The fraction of sp³-hybridized carbons (Fsp3) is 0.333. The Morgan fingerprint density at radius 1 is 1.04 bits per heavy atom. The number of methoxy groups -OCH3 is 1. The zero-order valence-corrected chi connectivity index (χ0v) is 30.8. The third-order valence-corrected chi connectivity index (χ3v) is 10.8. The van der Waals surface area contributed by atoms with Crippen molar-refractivity contribution in [2.24, 2.45) is 0 Å². The molecule has 1 aliphatic heterocycles. The monoisotopic (exact) mass is 776 g/mol. The predicted molar refractivity (Wildman–Crippen MR) is 194 cm³/mol. The standard InChI is InChI=1S/C34H39FN6O5S.C2HF3O2/c1-20(2)47(44,45)30-13-10-24(39-34(43)40(3)4)19-26(30)28-7-6-16-41(28)33(42)31(22-8-12-27(35)29(18-22)46-5)38-23-9-11-25-21(17-23)14-15-37-32(25)36;3-2(4,5)1(6)7/h8-15,17-20,28,31,38H,6-7,16H2,1-5H3,(H2,36,37)(H,39,43);(H,6,7)/t28-,31+;/m1./s1. The zero-order valence-electron chi connectivity index (χ0n) is 29.9. The van der Waals surface area contributed by atoms with E-state index >= 15 is 0 Å². The van der Waals surface area contributed by atoms with Crippen LogP contribution < -0.4 is 21.1 Å². The summed E-state index contributed by atoms with van der Waals surface area (Å²) in [5.74, 6) is -3.32. The van der Waals surface area contributed by atoms with E-state index in [9.17, 15) is 35.6 Å². The molecule has 1 saturated heterocycles. The summed E-state index contributed by atoms with van der Waals surface area (Å²) < 4.78 is 78.6. The number of nitrogen functional groups attached to an aromatic ring is 1. The number of benzene rings is 3. The normalized spacial score (nSPS) is 14.9. The molecule has 0 spiro atoms. The molecular formula is C36H40F4N6O7S. The van der Waals surface area contributed by atoms with E-state index in [4.69, 9.17) is 20.4 Å². The topological polar surface area (TPSA) is 184 Å². The Labute approximate surface area is 309 Å². The van der Waals surface area contributed by atoms with Crippen LogP contribution in [0, 0.1) is 5.82 Å². The van der Waals surface area contributed by atoms with Crippen molar-refractivity contribution in [1.29, 1.82) is 0 Å². The second kappa shape index (κ2) is 16.6. The van der Waals surface area contributed by atoms with E-state index in [2.05, 4.69) is 15.6 Å². The Kier molecular flexibility index (Phi) is 12.6. The van der Waals surface area contributed by atoms with Gasteiger partial charge in [0.25, 0.3) is 0 Å². The van der Waals surface area contributed by atoms with Crippen LogP contribution in [0.15, 0.2) is 71.8 Å². The average molecular weight is 777 g/mol. The number of rotatable bonds is 9. The Morgan fingerprint density at radius 3 is 2.31 bits per heavy atom. The molecule has 13 nitrogen and oxygen atoms in total. The van der Waals surface area contributed by atoms with Crippen LogP contribution in [-0.4, -0.2) is 85.4 Å². The molecule has 1 fully saturated rings. The number of carboxylic acid groups (broad SMARTS) is 1. The lowest BCUT2D eigenvalue weighted by molar-refractivity contribution is -0.192. The van der Waals surface area contributed by atoms with Crippen LogP contribution in [0.3, 0.4) is 0 Å². The van der Waals surface area contributed by atoms with Gasteiger partial charge in [-0.1, -0.05) is 6.07 Å². The predicted octanol–water partition coefficient (Wildman–Crippen LogP) is 6.39. The number of anilines is 3. The van der Waals surface area contributed by atoms with E-state index < -0.39 is 45.1 Å². The van der Waals surface area contributed by atoms with Crippen LogP contribution in [0.4, 0.5) is 39.5 Å². The molecule has 5 N–H and O–H groups in total. The number of nitrogens with zero attached hydrogens (tertiary/aromatic N) is 3. The number of urea groups is 1. The molecular weight excluding hydrogens is 736 g/mol. The smallest absolute Gasteiger partial charge is 0.490 e. The molecule has 0 bridgehead atoms. The second-order valence-electron chi connectivity index (χ2n) is 12.8. The van der Waals surface area contributed by atoms with Gasteiger partial charge in [0.05, 0.1) is 23.3 Å². The van der Waals surface area contributed by atoms with Gasteiger partial charge in [-0.2, -0.15) is 13.2 Å². The Morgan fingerprint density at radius 2 is 1.70 bits per heavy atom. The number of fused-ring (bicyclic) bond motifs is 1. The van der Waals surface area contributed by atoms with Crippen LogP contribution in [0.5, 0.6) is 5.75 Å². The highest BCUT2D eigenvalue weighted by Crippen LogP contribution is 2.40. The summed E-state index contributed by atoms with van der Waals surface area (Å²) in [6, 6.07) is 14.2. The van der Waals surface area contributed by atoms with Crippen molar-refractivity contribution in [3.8, 4) is 5.75 Å². The number of nitrogens with two attached hydrogens (primary N) is 1. The van der Waals surface area contributed by atoms with E-state index in [0.717, 1.165) is 10.8 Å². The van der Waals surface area contributed by atoms with Gasteiger partial charge in [-0.3, -0.25) is 4.79 Å². The number of carbonyl (C=O) groups is 3. The quantitative estimate of drug-likeness (QED) is 0.139. The van der Waals surface area contributed by atoms with Gasteiger partial charge < -0.3 is 36.0 Å². The molecule has 0 aliphatic carbocycles. The highest BCUT2D eigenvalue weighted by molar-refractivity contribution is 7.92. The molecule has 2 atom stereocenters. The number of amides is 3. The van der Waals surface area contributed by atoms with E-state index in [-0.39, 0.29) is 22.6 Å². The minimum atomic E-state index is -5.08. The van der Waals surface area contributed by atoms with Crippen LogP contribution in [0.1, 0.15) is 49.9 Å². The van der Waals surface area contributed by atoms with Crippen LogP contribution >= 0.6 is 0 Å². The van der Waals surface area contributed by atoms with Gasteiger partial charge in [0.1, 0.15) is 11.9 Å². The maximum Gasteiger partial charge on any atom is 0.490 e. The summed E-state index contributed by atoms with van der Waals surface area (Å²) in [5, 5.41) is 14.1. The molecule has 0 radical (unpaired) electrons. The van der Waals surface area contributed by atoms with Crippen molar-refractivity contribution in [3.05, 3.63) is 83.8 Å². The number of aromatic nitrogens is 1. The van der Waals surface area contributed by atoms with E-state index in [1.807, 2.05) is 18.2 Å². The Bertz CT molecular complexity index is 2150. The van der Waals surface area contributed by atoms with Crippen LogP contribution in [-0.2, 0) is 19.4 Å². The Balaban J connectivity index is 0.000000845. The number of pyridine rings is 1. The third-order valence-electron chi connectivity index (χ3n) is 8.59. The fourth-order valence-corrected chi connectivity index (χ4v) is 7.05. The Hall–Kier alpha value is -5.65. The SMILES string of the molecule is COc1cc([C@H](Nc2ccc3c(N)nccc3c2)C(=O)N2CCC[C@@H]2c2cc(NC(=O)N(C)C)ccc2S(=O)(=O)C(C)C)ccc1F.O=C(O)C(F)(F)F. The lowest BCUT2D eigenvalue weighted by Gasteiger charge is -2.32. The second-order valence-corrected chi connectivity index (χ2v) is 15.2. The maximum absolute atomic E-state index is 14.7. The summed E-state index contributed by atoms with van der Waals surface area (Å²) >= 11 is 0. The molecule has 3 amide bonds. The summed E-state index contributed by atoms with van der Waals surface area (Å²) in [6.45, 7) is 3.57. The molecule has 2 heterocycles. The number of hydrogen-bond donors (Lipinski definition) is 4. The number of sulfone groups is 1. The molecule has 5 rings (SSSR count). The van der Waals surface area contributed by atoms with Gasteiger partial charge in [0.15, 0.2) is 21.4 Å². The highest BCUT2D eigenvalue weighted by atomic mass is 32.2. The van der Waals surface area contributed by atoms with Crippen molar-refractivity contribution in [3.63, 3.8) is 0 Å². The fourth-order valence-electron chi connectivity index (χ4n) is 5.76. The number of nitrogens with one attached hydrogen (secondary N) is 2. The minimum absolute atomic E-state index is 0.0212. The van der Waals surface area contributed by atoms with Gasteiger partial charge in [-0.05, 0) is 97.8 Å². The lowest BCUT2D eigenvalue weighted by atomic mass is 10.0. The number of aliphatic carboxylic acids is 1. The minimum Gasteiger partial charge on any atom is -0.494 e. The van der Waals surface area contributed by atoms with Crippen molar-refractivity contribution < 1.29 is 50.2 Å². The first-order valence-corrected chi connectivity index (χ1v) is 18.0. The molecule has 0 saturated carbocycles. The van der Waals surface area contributed by atoms with Gasteiger partial charge in [-0.25, -0.2) is 27.4 Å². The number of alkyl halides is 3. The van der Waals surface area contributed by atoms with E-state index in [0.29, 0.717) is 47.7 Å². The number of hydrogen-bond acceptors (Lipinski definition) is 9. The maximum atomic E-state index is 14.7. The third kappa shape index (κ3) is 9.28. The van der Waals surface area contributed by atoms with Crippen molar-refractivity contribution in [2.45, 2.75) is 55.1 Å². The number of likely N-dealkylation sites (tertiary alicyclic amines) is 1. The number of carboxylic acids is 1. The molecule has 0 unspecified atom stereocenters. The summed E-state index contributed by atoms with van der Waals surface area (Å²) in [4.78, 5) is 43.3. The molecule has 4 aromatic rings. The number of carbonyl (C=O) groups excluding carboxylic acids is 2. The van der Waals surface area contributed by atoms with Gasteiger partial charge in [0, 0.05) is 43.6 Å². The van der Waals surface area contributed by atoms with E-state index in [1.54, 1.807) is 57.2 Å². The van der Waals surface area contributed by atoms with Gasteiger partial charge in [0.2, 0.25) is 5.91 Å².